The number of amides is 1. The Balaban J connectivity index is 1.93. The molecule has 0 spiro atoms. The minimum atomic E-state index is 0.0334. The van der Waals surface area contributed by atoms with E-state index in [9.17, 15) is 4.79 Å². The molecule has 0 saturated carbocycles. The van der Waals surface area contributed by atoms with Crippen LogP contribution in [0, 0.1) is 0 Å². The van der Waals surface area contributed by atoms with Gasteiger partial charge in [0.2, 0.25) is 5.82 Å². The fraction of sp³-hybridized carbons (Fsp3) is 0.400. The molecule has 1 amide bonds. The van der Waals surface area contributed by atoms with E-state index in [-0.39, 0.29) is 5.91 Å². The monoisotopic (exact) mass is 367 g/mol. The van der Waals surface area contributed by atoms with Crippen molar-refractivity contribution in [3.8, 4) is 11.4 Å². The summed E-state index contributed by atoms with van der Waals surface area (Å²) < 4.78 is 6.23. The molecule has 0 aliphatic heterocycles. The van der Waals surface area contributed by atoms with Crippen LogP contribution in [-0.2, 0) is 11.3 Å². The highest BCUT2D eigenvalue weighted by Gasteiger charge is 2.15. The number of likely N-dealkylation sites (N-methyl/N-ethyl adjacent to an activating group) is 1. The molecule has 7 heteroatoms. The van der Waals surface area contributed by atoms with Gasteiger partial charge in [-0.3, -0.25) is 4.79 Å². The van der Waals surface area contributed by atoms with E-state index in [0.29, 0.717) is 31.3 Å². The highest BCUT2D eigenvalue weighted by atomic mass is 79.9. The Morgan fingerprint density at radius 2 is 2.27 bits per heavy atom. The van der Waals surface area contributed by atoms with Crippen molar-refractivity contribution in [1.82, 2.24) is 15.5 Å². The van der Waals surface area contributed by atoms with Crippen molar-refractivity contribution >= 4 is 21.8 Å². The smallest absolute Gasteiger partial charge is 0.282 e. The second-order valence-corrected chi connectivity index (χ2v) is 6.10. The summed E-state index contributed by atoms with van der Waals surface area (Å²) in [6.45, 7) is 3.63. The minimum absolute atomic E-state index is 0.0334. The lowest BCUT2D eigenvalue weighted by molar-refractivity contribution is -0.886. The third-order valence-electron chi connectivity index (χ3n) is 3.04. The molecule has 2 aromatic rings. The number of hydrogen-bond donors (Lipinski definition) is 2. The van der Waals surface area contributed by atoms with Crippen LogP contribution in [-0.4, -0.2) is 36.2 Å². The van der Waals surface area contributed by atoms with Gasteiger partial charge in [-0.15, -0.1) is 0 Å². The SMILES string of the molecule is CCCNC(=O)C[NH+](C)Cc1nc(-c2cccc(Br)c2)no1. The molecule has 1 unspecified atom stereocenters. The summed E-state index contributed by atoms with van der Waals surface area (Å²) >= 11 is 3.42. The zero-order valence-electron chi connectivity index (χ0n) is 12.7. The lowest BCUT2D eigenvalue weighted by atomic mass is 10.2. The summed E-state index contributed by atoms with van der Waals surface area (Å²) in [6.07, 6.45) is 0.935. The lowest BCUT2D eigenvalue weighted by Crippen LogP contribution is -3.09. The highest BCUT2D eigenvalue weighted by Crippen LogP contribution is 2.20. The van der Waals surface area contributed by atoms with Crippen LogP contribution in [0.2, 0.25) is 0 Å². The molecule has 0 fully saturated rings. The number of hydrogen-bond acceptors (Lipinski definition) is 4. The summed E-state index contributed by atoms with van der Waals surface area (Å²) in [4.78, 5) is 17.0. The Bertz CT molecular complexity index is 630. The number of carbonyl (C=O) groups excluding carboxylic acids is 1. The van der Waals surface area contributed by atoms with E-state index in [2.05, 4.69) is 31.4 Å². The molecule has 1 atom stereocenters. The van der Waals surface area contributed by atoms with Crippen LogP contribution in [0.4, 0.5) is 0 Å². The Morgan fingerprint density at radius 1 is 1.45 bits per heavy atom. The number of aromatic nitrogens is 2. The summed E-state index contributed by atoms with van der Waals surface area (Å²) in [5.74, 6) is 1.11. The maximum Gasteiger partial charge on any atom is 0.282 e. The van der Waals surface area contributed by atoms with Gasteiger partial charge in [0.15, 0.2) is 13.1 Å². The van der Waals surface area contributed by atoms with Crippen LogP contribution in [0.5, 0.6) is 0 Å². The molecule has 1 heterocycles. The molecule has 6 nitrogen and oxygen atoms in total. The average Bonchev–Trinajstić information content (AvgIpc) is 2.93. The quantitative estimate of drug-likeness (QED) is 0.766. The van der Waals surface area contributed by atoms with Gasteiger partial charge < -0.3 is 14.7 Å². The van der Waals surface area contributed by atoms with Gasteiger partial charge in [-0.25, -0.2) is 0 Å². The number of nitrogens with one attached hydrogen (secondary N) is 2. The fourth-order valence-electron chi connectivity index (χ4n) is 1.99. The van der Waals surface area contributed by atoms with E-state index >= 15 is 0 Å². The van der Waals surface area contributed by atoms with Gasteiger partial charge in [-0.1, -0.05) is 40.1 Å². The zero-order valence-corrected chi connectivity index (χ0v) is 14.3. The van der Waals surface area contributed by atoms with Gasteiger partial charge in [-0.05, 0) is 18.6 Å². The molecule has 0 aliphatic carbocycles. The highest BCUT2D eigenvalue weighted by molar-refractivity contribution is 9.10. The number of quaternary nitrogens is 1. The predicted molar refractivity (Wildman–Crippen MR) is 86.2 cm³/mol. The molecule has 2 N–H and O–H groups in total. The molecule has 0 saturated heterocycles. The molecule has 1 aromatic carbocycles. The topological polar surface area (TPSA) is 72.5 Å². The van der Waals surface area contributed by atoms with Crippen LogP contribution >= 0.6 is 15.9 Å². The average molecular weight is 368 g/mol. The van der Waals surface area contributed by atoms with E-state index in [0.717, 1.165) is 21.4 Å². The zero-order chi connectivity index (χ0) is 15.9. The lowest BCUT2D eigenvalue weighted by Gasteiger charge is -2.10. The number of rotatable bonds is 7. The Kier molecular flexibility index (Phi) is 6.09. The van der Waals surface area contributed by atoms with Crippen LogP contribution < -0.4 is 10.2 Å². The predicted octanol–water partition coefficient (Wildman–Crippen LogP) is 1.04. The van der Waals surface area contributed by atoms with Crippen molar-refractivity contribution in [2.24, 2.45) is 0 Å². The second-order valence-electron chi connectivity index (χ2n) is 5.18. The summed E-state index contributed by atoms with van der Waals surface area (Å²) in [5, 5.41) is 6.84. The van der Waals surface area contributed by atoms with Gasteiger partial charge in [0.25, 0.3) is 11.8 Å². The normalized spacial score (nSPS) is 12.1. The molecule has 0 aliphatic rings. The third-order valence-corrected chi connectivity index (χ3v) is 3.53. The molecule has 118 valence electrons. The number of halogens is 1. The van der Waals surface area contributed by atoms with Crippen molar-refractivity contribution in [1.29, 1.82) is 0 Å². The number of benzene rings is 1. The first-order chi connectivity index (χ1) is 10.6. The van der Waals surface area contributed by atoms with Crippen molar-refractivity contribution in [2.75, 3.05) is 20.1 Å². The van der Waals surface area contributed by atoms with Crippen molar-refractivity contribution in [3.63, 3.8) is 0 Å². The molecule has 2 rings (SSSR count). The van der Waals surface area contributed by atoms with Gasteiger partial charge in [0.05, 0.1) is 7.05 Å². The molecule has 22 heavy (non-hydrogen) atoms. The van der Waals surface area contributed by atoms with Crippen LogP contribution in [0.1, 0.15) is 19.2 Å². The second kappa shape index (κ2) is 8.05. The molecule has 0 bridgehead atoms. The summed E-state index contributed by atoms with van der Waals surface area (Å²) in [7, 11) is 1.93. The van der Waals surface area contributed by atoms with Crippen LogP contribution in [0.25, 0.3) is 11.4 Å². The maximum absolute atomic E-state index is 11.7. The molecular weight excluding hydrogens is 348 g/mol. The molecular formula is C15H20BrN4O2+. The number of nitrogens with zero attached hydrogens (tertiary/aromatic N) is 2. The van der Waals surface area contributed by atoms with Gasteiger partial charge >= 0.3 is 0 Å². The molecule has 0 radical (unpaired) electrons. The fourth-order valence-corrected chi connectivity index (χ4v) is 2.39. The van der Waals surface area contributed by atoms with E-state index in [4.69, 9.17) is 4.52 Å². The van der Waals surface area contributed by atoms with Gasteiger partial charge in [0.1, 0.15) is 0 Å². The summed E-state index contributed by atoms with van der Waals surface area (Å²) in [6, 6.07) is 7.72. The Morgan fingerprint density at radius 3 is 3.00 bits per heavy atom. The third kappa shape index (κ3) is 4.92. The standard InChI is InChI=1S/C15H19BrN4O2/c1-3-7-17-13(21)9-20(2)10-14-18-15(19-22-14)11-5-4-6-12(16)8-11/h4-6,8H,3,7,9-10H2,1-2H3,(H,17,21)/p+1. The van der Waals surface area contributed by atoms with Crippen molar-refractivity contribution < 1.29 is 14.2 Å². The van der Waals surface area contributed by atoms with Crippen molar-refractivity contribution in [3.05, 3.63) is 34.6 Å². The first-order valence-electron chi connectivity index (χ1n) is 7.25. The molecule has 1 aromatic heterocycles. The first-order valence-corrected chi connectivity index (χ1v) is 8.04. The maximum atomic E-state index is 11.7. The van der Waals surface area contributed by atoms with Crippen LogP contribution in [0.15, 0.2) is 33.3 Å². The van der Waals surface area contributed by atoms with Gasteiger partial charge in [-0.2, -0.15) is 4.98 Å². The van der Waals surface area contributed by atoms with E-state index < -0.39 is 0 Å². The van der Waals surface area contributed by atoms with E-state index in [1.54, 1.807) is 0 Å². The first kappa shape index (κ1) is 16.6. The van der Waals surface area contributed by atoms with Gasteiger partial charge in [0, 0.05) is 16.6 Å². The minimum Gasteiger partial charge on any atom is -0.351 e. The Labute approximate surface area is 138 Å². The van der Waals surface area contributed by atoms with E-state index in [1.165, 1.54) is 0 Å². The van der Waals surface area contributed by atoms with Crippen molar-refractivity contribution in [2.45, 2.75) is 19.9 Å². The van der Waals surface area contributed by atoms with E-state index in [1.807, 2.05) is 38.2 Å². The number of carbonyl (C=O) groups is 1. The largest absolute Gasteiger partial charge is 0.351 e. The Hall–Kier alpha value is -1.73. The van der Waals surface area contributed by atoms with Crippen LogP contribution in [0.3, 0.4) is 0 Å². The summed E-state index contributed by atoms with van der Waals surface area (Å²) in [5.41, 5.74) is 0.891.